The molecular weight excluding hydrogens is 304 g/mol. The summed E-state index contributed by atoms with van der Waals surface area (Å²) in [7, 11) is 0. The zero-order valence-electron chi connectivity index (χ0n) is 8.88. The Hall–Kier alpha value is -2.15. The number of carboxylic acids is 1. The Kier molecular flexibility index (Phi) is 3.42. The lowest BCUT2D eigenvalue weighted by Gasteiger charge is -2.02. The summed E-state index contributed by atoms with van der Waals surface area (Å²) in [6.45, 7) is 0. The van der Waals surface area contributed by atoms with Gasteiger partial charge >= 0.3 is 5.97 Å². The highest BCUT2D eigenvalue weighted by molar-refractivity contribution is 9.10. The maximum Gasteiger partial charge on any atom is 0.335 e. The predicted octanol–water partition coefficient (Wildman–Crippen LogP) is 2.39. The molecule has 92 valence electrons. The van der Waals surface area contributed by atoms with Gasteiger partial charge in [-0.25, -0.2) is 9.78 Å². The van der Waals surface area contributed by atoms with Gasteiger partial charge < -0.3 is 14.8 Å². The number of aromatic carboxylic acids is 1. The second-order valence-electron chi connectivity index (χ2n) is 3.29. The maximum atomic E-state index is 11.7. The molecule has 6 nitrogen and oxygen atoms in total. The van der Waals surface area contributed by atoms with E-state index in [-0.39, 0.29) is 17.1 Å². The van der Waals surface area contributed by atoms with Crippen LogP contribution in [-0.2, 0) is 0 Å². The fraction of sp³-hybridized carbons (Fsp3) is 0. The number of aromatic nitrogens is 1. The van der Waals surface area contributed by atoms with Crippen molar-refractivity contribution in [2.24, 2.45) is 0 Å². The topological polar surface area (TPSA) is 92.4 Å². The molecule has 0 aliphatic carbocycles. The van der Waals surface area contributed by atoms with Crippen molar-refractivity contribution in [2.45, 2.75) is 0 Å². The third-order valence-electron chi connectivity index (χ3n) is 2.05. The van der Waals surface area contributed by atoms with Crippen LogP contribution in [0.25, 0.3) is 0 Å². The number of carbonyl (C=O) groups excluding carboxylic acids is 1. The van der Waals surface area contributed by atoms with Crippen LogP contribution in [0, 0.1) is 0 Å². The lowest BCUT2D eigenvalue weighted by atomic mass is 10.2. The SMILES string of the molecule is O=C(O)c1ccnc(NC(=O)c2ccc(Br)o2)c1. The van der Waals surface area contributed by atoms with Gasteiger partial charge in [-0.2, -0.15) is 0 Å². The van der Waals surface area contributed by atoms with E-state index < -0.39 is 11.9 Å². The third kappa shape index (κ3) is 2.75. The summed E-state index contributed by atoms with van der Waals surface area (Å²) in [5.41, 5.74) is 0.0425. The molecule has 0 aromatic carbocycles. The summed E-state index contributed by atoms with van der Waals surface area (Å²) < 4.78 is 5.49. The van der Waals surface area contributed by atoms with Crippen molar-refractivity contribution in [3.8, 4) is 0 Å². The first kappa shape index (κ1) is 12.3. The number of anilines is 1. The van der Waals surface area contributed by atoms with Crippen LogP contribution < -0.4 is 5.32 Å². The van der Waals surface area contributed by atoms with E-state index in [2.05, 4.69) is 26.2 Å². The molecule has 2 N–H and O–H groups in total. The highest BCUT2D eigenvalue weighted by atomic mass is 79.9. The average Bonchev–Trinajstić information content (AvgIpc) is 2.76. The molecule has 0 saturated heterocycles. The number of nitrogens with one attached hydrogen (secondary N) is 1. The lowest BCUT2D eigenvalue weighted by molar-refractivity contribution is 0.0696. The molecule has 0 radical (unpaired) electrons. The first-order chi connectivity index (χ1) is 8.56. The molecule has 0 spiro atoms. The summed E-state index contributed by atoms with van der Waals surface area (Å²) in [4.78, 5) is 26.3. The first-order valence-corrected chi connectivity index (χ1v) is 5.61. The van der Waals surface area contributed by atoms with Gasteiger partial charge in [0.1, 0.15) is 5.82 Å². The van der Waals surface area contributed by atoms with E-state index in [4.69, 9.17) is 9.52 Å². The van der Waals surface area contributed by atoms with Gasteiger partial charge in [-0.15, -0.1) is 0 Å². The van der Waals surface area contributed by atoms with Crippen molar-refractivity contribution in [2.75, 3.05) is 5.32 Å². The third-order valence-corrected chi connectivity index (χ3v) is 2.47. The van der Waals surface area contributed by atoms with E-state index in [0.29, 0.717) is 4.67 Å². The minimum Gasteiger partial charge on any atom is -0.478 e. The summed E-state index contributed by atoms with van der Waals surface area (Å²) in [6.07, 6.45) is 1.30. The first-order valence-electron chi connectivity index (χ1n) is 4.82. The number of carboxylic acid groups (broad SMARTS) is 1. The Morgan fingerprint density at radius 1 is 1.33 bits per heavy atom. The zero-order valence-corrected chi connectivity index (χ0v) is 10.5. The highest BCUT2D eigenvalue weighted by Crippen LogP contribution is 2.15. The second kappa shape index (κ2) is 5.01. The average molecular weight is 311 g/mol. The van der Waals surface area contributed by atoms with Crippen molar-refractivity contribution in [3.63, 3.8) is 0 Å². The molecule has 0 unspecified atom stereocenters. The smallest absolute Gasteiger partial charge is 0.335 e. The number of nitrogens with zero attached hydrogens (tertiary/aromatic N) is 1. The number of amides is 1. The number of halogens is 1. The molecule has 7 heteroatoms. The van der Waals surface area contributed by atoms with Gasteiger partial charge in [0.25, 0.3) is 5.91 Å². The molecule has 18 heavy (non-hydrogen) atoms. The van der Waals surface area contributed by atoms with Crippen LogP contribution in [0.1, 0.15) is 20.9 Å². The molecule has 1 amide bonds. The normalized spacial score (nSPS) is 10.1. The molecule has 0 aliphatic rings. The summed E-state index contributed by atoms with van der Waals surface area (Å²) in [5, 5.41) is 11.2. The van der Waals surface area contributed by atoms with Crippen molar-refractivity contribution in [1.82, 2.24) is 4.98 Å². The Bertz CT molecular complexity index is 609. The molecular formula is C11H7BrN2O4. The van der Waals surface area contributed by atoms with Gasteiger partial charge in [0.2, 0.25) is 0 Å². The number of carbonyl (C=O) groups is 2. The Balaban J connectivity index is 2.16. The number of pyridine rings is 1. The molecule has 2 aromatic rings. The minimum absolute atomic E-state index is 0.0425. The van der Waals surface area contributed by atoms with Gasteiger partial charge in [-0.05, 0) is 40.2 Å². The predicted molar refractivity (Wildman–Crippen MR) is 65.6 cm³/mol. The number of furan rings is 1. The van der Waals surface area contributed by atoms with Crippen LogP contribution in [0.4, 0.5) is 5.82 Å². The molecule has 2 aromatic heterocycles. The van der Waals surface area contributed by atoms with Crippen LogP contribution in [0.5, 0.6) is 0 Å². The molecule has 0 saturated carbocycles. The lowest BCUT2D eigenvalue weighted by Crippen LogP contribution is -2.12. The van der Waals surface area contributed by atoms with Crippen LogP contribution in [-0.4, -0.2) is 22.0 Å². The molecule has 0 fully saturated rings. The fourth-order valence-corrected chi connectivity index (χ4v) is 1.55. The standard InChI is InChI=1S/C11H7BrN2O4/c12-8-2-1-7(18-8)10(15)14-9-5-6(11(16)17)3-4-13-9/h1-5H,(H,16,17)(H,13,14,15). The molecule has 2 heterocycles. The van der Waals surface area contributed by atoms with Crippen LogP contribution >= 0.6 is 15.9 Å². The molecule has 0 aliphatic heterocycles. The highest BCUT2D eigenvalue weighted by Gasteiger charge is 2.12. The summed E-state index contributed by atoms with van der Waals surface area (Å²) in [6, 6.07) is 5.66. The van der Waals surface area contributed by atoms with Gasteiger partial charge in [0.15, 0.2) is 10.4 Å². The molecule has 2 rings (SSSR count). The van der Waals surface area contributed by atoms with Gasteiger partial charge in [-0.3, -0.25) is 4.79 Å². The van der Waals surface area contributed by atoms with E-state index >= 15 is 0 Å². The number of hydrogen-bond donors (Lipinski definition) is 2. The van der Waals surface area contributed by atoms with Gasteiger partial charge in [0, 0.05) is 6.20 Å². The van der Waals surface area contributed by atoms with Gasteiger partial charge in [-0.1, -0.05) is 0 Å². The van der Waals surface area contributed by atoms with Crippen LogP contribution in [0.15, 0.2) is 39.5 Å². The van der Waals surface area contributed by atoms with Gasteiger partial charge in [0.05, 0.1) is 5.56 Å². The Morgan fingerprint density at radius 3 is 2.72 bits per heavy atom. The largest absolute Gasteiger partial charge is 0.478 e. The van der Waals surface area contributed by atoms with E-state index in [1.54, 1.807) is 6.07 Å². The monoisotopic (exact) mass is 310 g/mol. The summed E-state index contributed by atoms with van der Waals surface area (Å²) in [5.74, 6) is -1.35. The zero-order chi connectivity index (χ0) is 13.1. The molecule has 0 bridgehead atoms. The van der Waals surface area contributed by atoms with Crippen molar-refractivity contribution >= 4 is 33.6 Å². The maximum absolute atomic E-state index is 11.7. The number of hydrogen-bond acceptors (Lipinski definition) is 4. The fourth-order valence-electron chi connectivity index (χ4n) is 1.25. The quantitative estimate of drug-likeness (QED) is 0.908. The Labute approximate surface area is 110 Å². The van der Waals surface area contributed by atoms with Crippen LogP contribution in [0.3, 0.4) is 0 Å². The van der Waals surface area contributed by atoms with Crippen LogP contribution in [0.2, 0.25) is 0 Å². The number of rotatable bonds is 3. The van der Waals surface area contributed by atoms with E-state index in [9.17, 15) is 9.59 Å². The van der Waals surface area contributed by atoms with E-state index in [0.717, 1.165) is 0 Å². The van der Waals surface area contributed by atoms with E-state index in [1.165, 1.54) is 24.4 Å². The molecule has 0 atom stereocenters. The minimum atomic E-state index is -1.09. The van der Waals surface area contributed by atoms with Crippen molar-refractivity contribution in [3.05, 3.63) is 46.5 Å². The second-order valence-corrected chi connectivity index (χ2v) is 4.07. The van der Waals surface area contributed by atoms with E-state index in [1.807, 2.05) is 0 Å². The summed E-state index contributed by atoms with van der Waals surface area (Å²) >= 11 is 3.08. The van der Waals surface area contributed by atoms with Crippen molar-refractivity contribution < 1.29 is 19.1 Å². The van der Waals surface area contributed by atoms with Crippen molar-refractivity contribution in [1.29, 1.82) is 0 Å². The Morgan fingerprint density at radius 2 is 2.11 bits per heavy atom.